The Morgan fingerprint density at radius 3 is 2.39 bits per heavy atom. The molecule has 5 nitrogen and oxygen atoms in total. The summed E-state index contributed by atoms with van der Waals surface area (Å²) in [5, 5.41) is 10.8. The van der Waals surface area contributed by atoms with Crippen molar-refractivity contribution < 1.29 is 27.8 Å². The van der Waals surface area contributed by atoms with E-state index in [0.29, 0.717) is 11.3 Å². The fourth-order valence-electron chi connectivity index (χ4n) is 2.94. The van der Waals surface area contributed by atoms with Crippen LogP contribution < -0.4 is 4.74 Å². The SMILES string of the molecule is CCN(C)/C=N/c1cc(OC)c(C(O)(COCc2ccccc2C)C(F)(F)F)cc1C. The summed E-state index contributed by atoms with van der Waals surface area (Å²) in [6.07, 6.45) is -3.39. The summed E-state index contributed by atoms with van der Waals surface area (Å²) >= 11 is 0. The van der Waals surface area contributed by atoms with E-state index < -0.39 is 23.9 Å². The van der Waals surface area contributed by atoms with Crippen LogP contribution in [0.25, 0.3) is 0 Å². The maximum absolute atomic E-state index is 14.0. The van der Waals surface area contributed by atoms with Gasteiger partial charge in [0, 0.05) is 25.2 Å². The van der Waals surface area contributed by atoms with Crippen LogP contribution in [-0.2, 0) is 16.9 Å². The molecule has 0 amide bonds. The first kappa shape index (κ1) is 24.7. The standard InChI is InChI=1S/C23H29F3N2O3/c1-6-28(4)15-27-20-12-21(30-5)19(11-17(20)3)22(29,23(24,25)26)14-31-13-18-10-8-7-9-16(18)2/h7-12,15,29H,6,13-14H2,1-5H3/b27-15+. The zero-order valence-corrected chi connectivity index (χ0v) is 18.5. The quantitative estimate of drug-likeness (QED) is 0.447. The van der Waals surface area contributed by atoms with Crippen LogP contribution in [0.5, 0.6) is 5.75 Å². The minimum atomic E-state index is -4.98. The van der Waals surface area contributed by atoms with Crippen molar-refractivity contribution in [3.8, 4) is 5.75 Å². The van der Waals surface area contributed by atoms with Crippen LogP contribution in [0.3, 0.4) is 0 Å². The number of benzene rings is 2. The van der Waals surface area contributed by atoms with Gasteiger partial charge in [0.15, 0.2) is 0 Å². The number of aliphatic imine (C=N–C) groups is 1. The molecule has 0 aliphatic heterocycles. The summed E-state index contributed by atoms with van der Waals surface area (Å²) in [5.41, 5.74) is -1.09. The molecule has 1 N–H and O–H groups in total. The Kier molecular flexibility index (Phi) is 8.08. The van der Waals surface area contributed by atoms with Crippen LogP contribution in [0.4, 0.5) is 18.9 Å². The molecule has 0 aliphatic rings. The van der Waals surface area contributed by atoms with Gasteiger partial charge in [0.2, 0.25) is 5.60 Å². The highest BCUT2D eigenvalue weighted by atomic mass is 19.4. The van der Waals surface area contributed by atoms with E-state index in [1.54, 1.807) is 25.4 Å². The van der Waals surface area contributed by atoms with Crippen LogP contribution in [0.2, 0.25) is 0 Å². The summed E-state index contributed by atoms with van der Waals surface area (Å²) in [6, 6.07) is 9.87. The maximum Gasteiger partial charge on any atom is 0.423 e. The van der Waals surface area contributed by atoms with E-state index >= 15 is 0 Å². The number of methoxy groups -OCH3 is 1. The van der Waals surface area contributed by atoms with Gasteiger partial charge in [-0.1, -0.05) is 24.3 Å². The molecule has 0 spiro atoms. The number of hydrogen-bond acceptors (Lipinski definition) is 4. The Labute approximate surface area is 181 Å². The summed E-state index contributed by atoms with van der Waals surface area (Å²) in [6.45, 7) is 5.12. The predicted molar refractivity (Wildman–Crippen MR) is 115 cm³/mol. The molecule has 0 aliphatic carbocycles. The average Bonchev–Trinajstić information content (AvgIpc) is 2.72. The first-order valence-corrected chi connectivity index (χ1v) is 9.88. The molecule has 31 heavy (non-hydrogen) atoms. The number of rotatable bonds is 9. The first-order chi connectivity index (χ1) is 14.5. The average molecular weight is 438 g/mol. The molecule has 1 atom stereocenters. The van der Waals surface area contributed by atoms with E-state index in [-0.39, 0.29) is 12.4 Å². The van der Waals surface area contributed by atoms with Crippen LogP contribution >= 0.6 is 0 Å². The number of nitrogens with zero attached hydrogens (tertiary/aromatic N) is 2. The zero-order chi connectivity index (χ0) is 23.2. The second kappa shape index (κ2) is 10.2. The number of ether oxygens (including phenoxy) is 2. The minimum absolute atomic E-state index is 0.0575. The molecule has 0 saturated heterocycles. The molecule has 8 heteroatoms. The largest absolute Gasteiger partial charge is 0.496 e. The molecule has 170 valence electrons. The van der Waals surface area contributed by atoms with Crippen LogP contribution in [0.1, 0.15) is 29.2 Å². The van der Waals surface area contributed by atoms with Gasteiger partial charge in [-0.3, -0.25) is 0 Å². The van der Waals surface area contributed by atoms with Crippen molar-refractivity contribution in [3.05, 3.63) is 58.7 Å². The molecule has 0 fully saturated rings. The highest BCUT2D eigenvalue weighted by Gasteiger charge is 2.56. The third kappa shape index (κ3) is 5.77. The molecule has 2 aromatic rings. The summed E-state index contributed by atoms with van der Waals surface area (Å²) in [7, 11) is 3.09. The molecule has 0 aromatic heterocycles. The van der Waals surface area contributed by atoms with Gasteiger partial charge in [-0.05, 0) is 43.5 Å². The van der Waals surface area contributed by atoms with Crippen molar-refractivity contribution in [3.63, 3.8) is 0 Å². The van der Waals surface area contributed by atoms with Crippen LogP contribution in [0.15, 0.2) is 41.4 Å². The lowest BCUT2D eigenvalue weighted by Crippen LogP contribution is -2.46. The molecule has 2 aromatic carbocycles. The fourth-order valence-corrected chi connectivity index (χ4v) is 2.94. The first-order valence-electron chi connectivity index (χ1n) is 9.88. The molecular formula is C23H29F3N2O3. The Bertz CT molecular complexity index is 915. The van der Waals surface area contributed by atoms with Crippen molar-refractivity contribution in [2.24, 2.45) is 4.99 Å². The Morgan fingerprint density at radius 2 is 1.81 bits per heavy atom. The highest BCUT2D eigenvalue weighted by Crippen LogP contribution is 2.45. The summed E-state index contributed by atoms with van der Waals surface area (Å²) in [5.74, 6) is -0.115. The molecule has 1 unspecified atom stereocenters. The van der Waals surface area contributed by atoms with Crippen molar-refractivity contribution in [1.29, 1.82) is 0 Å². The Balaban J connectivity index is 2.39. The van der Waals surface area contributed by atoms with Gasteiger partial charge in [0.1, 0.15) is 5.75 Å². The monoisotopic (exact) mass is 438 g/mol. The van der Waals surface area contributed by atoms with E-state index in [4.69, 9.17) is 9.47 Å². The van der Waals surface area contributed by atoms with Gasteiger partial charge < -0.3 is 19.5 Å². The Morgan fingerprint density at radius 1 is 1.13 bits per heavy atom. The second-order valence-corrected chi connectivity index (χ2v) is 7.43. The van der Waals surface area contributed by atoms with Crippen molar-refractivity contribution in [1.82, 2.24) is 4.90 Å². The lowest BCUT2D eigenvalue weighted by Gasteiger charge is -2.32. The van der Waals surface area contributed by atoms with Gasteiger partial charge >= 0.3 is 6.18 Å². The van der Waals surface area contributed by atoms with Gasteiger partial charge in [-0.2, -0.15) is 13.2 Å². The fraction of sp³-hybridized carbons (Fsp3) is 0.435. The molecular weight excluding hydrogens is 409 g/mol. The summed E-state index contributed by atoms with van der Waals surface area (Å²) in [4.78, 5) is 6.13. The number of alkyl halides is 3. The van der Waals surface area contributed by atoms with E-state index in [2.05, 4.69) is 4.99 Å². The third-order valence-electron chi connectivity index (χ3n) is 5.16. The van der Waals surface area contributed by atoms with Crippen molar-refractivity contribution >= 4 is 12.0 Å². The lowest BCUT2D eigenvalue weighted by atomic mass is 9.91. The zero-order valence-electron chi connectivity index (χ0n) is 18.5. The second-order valence-electron chi connectivity index (χ2n) is 7.43. The van der Waals surface area contributed by atoms with Crippen molar-refractivity contribution in [2.45, 2.75) is 39.2 Å². The molecule has 0 saturated carbocycles. The van der Waals surface area contributed by atoms with Crippen molar-refractivity contribution in [2.75, 3.05) is 27.3 Å². The van der Waals surface area contributed by atoms with Gasteiger partial charge in [0.05, 0.1) is 32.3 Å². The Hall–Kier alpha value is -2.58. The normalized spacial score (nSPS) is 14.0. The predicted octanol–water partition coefficient (Wildman–Crippen LogP) is 4.89. The van der Waals surface area contributed by atoms with E-state index in [1.165, 1.54) is 19.2 Å². The van der Waals surface area contributed by atoms with Gasteiger partial charge in [-0.25, -0.2) is 4.99 Å². The van der Waals surface area contributed by atoms with E-state index in [1.807, 2.05) is 37.9 Å². The molecule has 2 rings (SSSR count). The number of aryl methyl sites for hydroxylation is 2. The van der Waals surface area contributed by atoms with Crippen LogP contribution in [0, 0.1) is 13.8 Å². The number of hydrogen-bond donors (Lipinski definition) is 1. The molecule has 0 heterocycles. The third-order valence-corrected chi connectivity index (χ3v) is 5.16. The molecule has 0 radical (unpaired) electrons. The topological polar surface area (TPSA) is 54.3 Å². The summed E-state index contributed by atoms with van der Waals surface area (Å²) < 4.78 is 52.6. The van der Waals surface area contributed by atoms with Gasteiger partial charge in [-0.15, -0.1) is 0 Å². The highest BCUT2D eigenvalue weighted by molar-refractivity contribution is 5.65. The number of halogens is 3. The minimum Gasteiger partial charge on any atom is -0.496 e. The van der Waals surface area contributed by atoms with E-state index in [0.717, 1.165) is 17.7 Å². The molecule has 0 bridgehead atoms. The smallest absolute Gasteiger partial charge is 0.423 e. The van der Waals surface area contributed by atoms with Gasteiger partial charge in [0.25, 0.3) is 0 Å². The maximum atomic E-state index is 14.0. The van der Waals surface area contributed by atoms with E-state index in [9.17, 15) is 18.3 Å². The van der Waals surface area contributed by atoms with Crippen LogP contribution in [-0.4, -0.2) is 49.8 Å². The number of aliphatic hydroxyl groups is 1. The lowest BCUT2D eigenvalue weighted by molar-refractivity contribution is -0.283.